The molecule has 6 nitrogen and oxygen atoms in total. The summed E-state index contributed by atoms with van der Waals surface area (Å²) in [5, 5.41) is 6.24. The number of carbonyl (C=O) groups is 2. The second kappa shape index (κ2) is 9.22. The zero-order valence-electron chi connectivity index (χ0n) is 15.0. The number of carbonyl (C=O) groups excluding carboxylic acids is 2. The molecule has 0 radical (unpaired) electrons. The van der Waals surface area contributed by atoms with E-state index in [1.54, 1.807) is 57.5 Å². The van der Waals surface area contributed by atoms with Gasteiger partial charge in [-0.15, -0.1) is 0 Å². The lowest BCUT2D eigenvalue weighted by Crippen LogP contribution is -3.14. The summed E-state index contributed by atoms with van der Waals surface area (Å²) >= 11 is 5.83. The molecule has 2 atom stereocenters. The molecule has 0 aliphatic heterocycles. The van der Waals surface area contributed by atoms with Crippen LogP contribution in [0.5, 0.6) is 5.75 Å². The van der Waals surface area contributed by atoms with Crippen LogP contribution in [-0.2, 0) is 9.59 Å². The summed E-state index contributed by atoms with van der Waals surface area (Å²) in [7, 11) is 3.35. The van der Waals surface area contributed by atoms with Crippen molar-refractivity contribution in [3.63, 3.8) is 0 Å². The zero-order valence-corrected chi connectivity index (χ0v) is 15.8. The number of hydrogen-bond donors (Lipinski definition) is 3. The number of quaternary nitrogens is 1. The topological polar surface area (TPSA) is 71.9 Å². The van der Waals surface area contributed by atoms with E-state index in [0.29, 0.717) is 22.1 Å². The van der Waals surface area contributed by atoms with Crippen LogP contribution >= 0.6 is 11.6 Å². The van der Waals surface area contributed by atoms with E-state index in [9.17, 15) is 9.59 Å². The number of benzene rings is 2. The minimum atomic E-state index is -0.420. The maximum atomic E-state index is 12.5. The van der Waals surface area contributed by atoms with E-state index >= 15 is 0 Å². The highest BCUT2D eigenvalue weighted by Gasteiger charge is 2.24. The van der Waals surface area contributed by atoms with E-state index < -0.39 is 6.04 Å². The van der Waals surface area contributed by atoms with E-state index in [4.69, 9.17) is 16.3 Å². The van der Waals surface area contributed by atoms with Crippen LogP contribution in [0.2, 0.25) is 5.02 Å². The van der Waals surface area contributed by atoms with Crippen LogP contribution < -0.4 is 20.3 Å². The van der Waals surface area contributed by atoms with Crippen molar-refractivity contribution in [1.29, 1.82) is 0 Å². The Morgan fingerprint density at radius 2 is 1.77 bits per heavy atom. The Balaban J connectivity index is 1.91. The van der Waals surface area contributed by atoms with Crippen molar-refractivity contribution >= 4 is 34.8 Å². The number of ether oxygens (including phenoxy) is 1. The molecule has 2 aromatic rings. The van der Waals surface area contributed by atoms with Crippen molar-refractivity contribution in [2.45, 2.75) is 13.0 Å². The molecule has 26 heavy (non-hydrogen) atoms. The normalized spacial score (nSPS) is 12.8. The molecule has 3 N–H and O–H groups in total. The van der Waals surface area contributed by atoms with Gasteiger partial charge in [-0.25, -0.2) is 0 Å². The molecule has 2 rings (SSSR count). The van der Waals surface area contributed by atoms with Gasteiger partial charge in [-0.05, 0) is 43.3 Å². The third-order valence-electron chi connectivity index (χ3n) is 4.06. The van der Waals surface area contributed by atoms with E-state index in [1.807, 2.05) is 12.1 Å². The van der Waals surface area contributed by atoms with E-state index in [-0.39, 0.29) is 18.4 Å². The number of likely N-dealkylation sites (N-methyl/N-ethyl adjacent to an activating group) is 1. The Kier molecular flexibility index (Phi) is 7.00. The van der Waals surface area contributed by atoms with Gasteiger partial charge in [0.15, 0.2) is 12.6 Å². The number of amides is 2. The summed E-state index contributed by atoms with van der Waals surface area (Å²) in [5.74, 6) is 0.222. The minimum Gasteiger partial charge on any atom is -0.495 e. The lowest BCUT2D eigenvalue weighted by Gasteiger charge is -2.21. The van der Waals surface area contributed by atoms with Gasteiger partial charge in [-0.1, -0.05) is 23.7 Å². The first-order valence-electron chi connectivity index (χ1n) is 8.22. The van der Waals surface area contributed by atoms with Gasteiger partial charge in [0.2, 0.25) is 0 Å². The lowest BCUT2D eigenvalue weighted by molar-refractivity contribution is -0.885. The van der Waals surface area contributed by atoms with E-state index in [1.165, 1.54) is 0 Å². The second-order valence-electron chi connectivity index (χ2n) is 5.99. The molecule has 7 heteroatoms. The summed E-state index contributed by atoms with van der Waals surface area (Å²) in [6, 6.07) is 13.6. The molecular formula is C19H23ClN3O3+. The second-order valence-corrected chi connectivity index (χ2v) is 6.43. The van der Waals surface area contributed by atoms with Crippen LogP contribution in [-0.4, -0.2) is 38.6 Å². The van der Waals surface area contributed by atoms with Gasteiger partial charge in [0, 0.05) is 10.7 Å². The van der Waals surface area contributed by atoms with Crippen LogP contribution in [0.15, 0.2) is 48.5 Å². The van der Waals surface area contributed by atoms with Crippen molar-refractivity contribution in [2.75, 3.05) is 31.3 Å². The van der Waals surface area contributed by atoms with E-state index in [0.717, 1.165) is 4.90 Å². The van der Waals surface area contributed by atoms with Gasteiger partial charge in [-0.2, -0.15) is 0 Å². The maximum absolute atomic E-state index is 12.5. The molecule has 2 amide bonds. The van der Waals surface area contributed by atoms with E-state index in [2.05, 4.69) is 10.6 Å². The monoisotopic (exact) mass is 376 g/mol. The lowest BCUT2D eigenvalue weighted by atomic mass is 10.2. The summed E-state index contributed by atoms with van der Waals surface area (Å²) in [4.78, 5) is 25.4. The fourth-order valence-corrected chi connectivity index (χ4v) is 2.48. The molecule has 2 aromatic carbocycles. The average molecular weight is 377 g/mol. The number of rotatable bonds is 7. The summed E-state index contributed by atoms with van der Waals surface area (Å²) < 4.78 is 5.23. The maximum Gasteiger partial charge on any atom is 0.282 e. The molecular weight excluding hydrogens is 354 g/mol. The van der Waals surface area contributed by atoms with Crippen molar-refractivity contribution < 1.29 is 19.2 Å². The largest absolute Gasteiger partial charge is 0.495 e. The fraction of sp³-hybridized carbons (Fsp3) is 0.263. The van der Waals surface area contributed by atoms with Crippen LogP contribution in [0.25, 0.3) is 0 Å². The highest BCUT2D eigenvalue weighted by Crippen LogP contribution is 2.22. The number of methoxy groups -OCH3 is 1. The fourth-order valence-electron chi connectivity index (χ4n) is 2.36. The Hall–Kier alpha value is -2.57. The standard InChI is InChI=1S/C19H22ClN3O3/c1-13(19(25)22-16-6-4-5-7-17(16)26-3)23(2)12-18(24)21-15-10-8-14(20)9-11-15/h4-11,13H,12H2,1-3H3,(H,21,24)(H,22,25)/p+1/t13-/m1/s1. The Morgan fingerprint density at radius 1 is 1.12 bits per heavy atom. The van der Waals surface area contributed by atoms with Crippen molar-refractivity contribution in [3.8, 4) is 5.75 Å². The zero-order chi connectivity index (χ0) is 19.1. The first-order valence-corrected chi connectivity index (χ1v) is 8.60. The third kappa shape index (κ3) is 5.47. The number of nitrogens with one attached hydrogen (secondary N) is 3. The van der Waals surface area contributed by atoms with Gasteiger partial charge >= 0.3 is 0 Å². The number of halogens is 1. The molecule has 0 aliphatic rings. The van der Waals surface area contributed by atoms with Gasteiger partial charge in [0.1, 0.15) is 5.75 Å². The van der Waals surface area contributed by atoms with Crippen LogP contribution in [0.3, 0.4) is 0 Å². The van der Waals surface area contributed by atoms with Crippen molar-refractivity contribution in [2.24, 2.45) is 0 Å². The van der Waals surface area contributed by atoms with Gasteiger partial charge in [0.25, 0.3) is 11.8 Å². The van der Waals surface area contributed by atoms with Crippen LogP contribution in [0.4, 0.5) is 11.4 Å². The molecule has 0 fully saturated rings. The molecule has 138 valence electrons. The highest BCUT2D eigenvalue weighted by atomic mass is 35.5. The van der Waals surface area contributed by atoms with Gasteiger partial charge in [-0.3, -0.25) is 9.59 Å². The summed E-state index contributed by atoms with van der Waals surface area (Å²) in [6.07, 6.45) is 0. The number of para-hydroxylation sites is 2. The predicted octanol–water partition coefficient (Wildman–Crippen LogP) is 1.83. The quantitative estimate of drug-likeness (QED) is 0.690. The average Bonchev–Trinajstić information content (AvgIpc) is 2.63. The molecule has 0 saturated carbocycles. The highest BCUT2D eigenvalue weighted by molar-refractivity contribution is 6.30. The van der Waals surface area contributed by atoms with Gasteiger partial charge < -0.3 is 20.3 Å². The first kappa shape index (κ1) is 19.8. The first-order chi connectivity index (χ1) is 12.4. The third-order valence-corrected chi connectivity index (χ3v) is 4.32. The Labute approximate surface area is 158 Å². The Morgan fingerprint density at radius 3 is 2.42 bits per heavy atom. The SMILES string of the molecule is COc1ccccc1NC(=O)[C@@H](C)[NH+](C)CC(=O)Nc1ccc(Cl)cc1. The van der Waals surface area contributed by atoms with Gasteiger partial charge in [0.05, 0.1) is 19.8 Å². The predicted molar refractivity (Wildman–Crippen MR) is 103 cm³/mol. The molecule has 0 saturated heterocycles. The molecule has 0 bridgehead atoms. The number of hydrogen-bond acceptors (Lipinski definition) is 3. The minimum absolute atomic E-state index is 0.156. The van der Waals surface area contributed by atoms with Crippen molar-refractivity contribution in [3.05, 3.63) is 53.6 Å². The molecule has 0 aromatic heterocycles. The summed E-state index contributed by atoms with van der Waals surface area (Å²) in [6.45, 7) is 1.93. The Bertz CT molecular complexity index is 765. The summed E-state index contributed by atoms with van der Waals surface area (Å²) in [5.41, 5.74) is 1.27. The van der Waals surface area contributed by atoms with Crippen molar-refractivity contribution in [1.82, 2.24) is 0 Å². The smallest absolute Gasteiger partial charge is 0.282 e. The molecule has 0 aliphatic carbocycles. The molecule has 0 heterocycles. The van der Waals surface area contributed by atoms with Crippen LogP contribution in [0.1, 0.15) is 6.92 Å². The van der Waals surface area contributed by atoms with Crippen LogP contribution in [0, 0.1) is 0 Å². The molecule has 1 unspecified atom stereocenters. The number of anilines is 2. The molecule has 0 spiro atoms.